The average Bonchev–Trinajstić information content (AvgIpc) is 3.67. The molecule has 0 unspecified atom stereocenters. The zero-order valence-electron chi connectivity index (χ0n) is 24.5. The van der Waals surface area contributed by atoms with E-state index >= 15 is 0 Å². The van der Waals surface area contributed by atoms with Gasteiger partial charge in [-0.15, -0.1) is 0 Å². The minimum absolute atomic E-state index is 0.00862. The first-order valence-electron chi connectivity index (χ1n) is 14.7. The number of aliphatic hydroxyl groups excluding tert-OH is 1. The molecule has 2 atom stereocenters. The first-order chi connectivity index (χ1) is 20.9. The van der Waals surface area contributed by atoms with Crippen LogP contribution in [0.1, 0.15) is 62.8 Å². The quantitative estimate of drug-likeness (QED) is 0.0891. The number of ether oxygens (including phenoxy) is 3. The Morgan fingerprint density at radius 2 is 1.88 bits per heavy atom. The molecule has 1 fully saturated rings. The number of aromatic nitrogens is 1. The summed E-state index contributed by atoms with van der Waals surface area (Å²) >= 11 is 1.30. The Balaban J connectivity index is 1.46. The molecule has 0 aliphatic carbocycles. The maximum absolute atomic E-state index is 13.8. The Morgan fingerprint density at radius 3 is 2.70 bits per heavy atom. The molecule has 3 heterocycles. The third-order valence-electron chi connectivity index (χ3n) is 7.67. The van der Waals surface area contributed by atoms with Crippen LogP contribution in [0.25, 0.3) is 16.0 Å². The number of hydrogen-bond donors (Lipinski definition) is 1. The zero-order chi connectivity index (χ0) is 30.1. The number of carbonyl (C=O) groups excluding carboxylic acids is 2. The molecule has 1 N–H and O–H groups in total. The van der Waals surface area contributed by atoms with Crippen molar-refractivity contribution >= 4 is 44.1 Å². The van der Waals surface area contributed by atoms with E-state index in [9.17, 15) is 14.7 Å². The van der Waals surface area contributed by atoms with Gasteiger partial charge < -0.3 is 19.3 Å². The van der Waals surface area contributed by atoms with Crippen LogP contribution in [-0.4, -0.2) is 41.1 Å². The highest BCUT2D eigenvalue weighted by atomic mass is 32.1. The second kappa shape index (κ2) is 12.1. The molecule has 3 aromatic carbocycles. The van der Waals surface area contributed by atoms with E-state index in [2.05, 4.69) is 6.92 Å². The number of carbonyl (C=O) groups is 2. The maximum atomic E-state index is 13.8. The third kappa shape index (κ3) is 5.57. The number of nitrogens with zero attached hydrogens (tertiary/aromatic N) is 2. The monoisotopic (exact) mass is 598 g/mol. The second-order valence-electron chi connectivity index (χ2n) is 10.8. The fourth-order valence-corrected chi connectivity index (χ4v) is 6.66. The SMILES string of the molecule is CCCCCOc1cccc([C@H]2/C(=C(\O)c3ccc4c(c3)C[C@@H](C)O4)C(=O)C(=O)N2c2nc3ccc(OCC)cc3s2)c1. The molecule has 0 bridgehead atoms. The van der Waals surface area contributed by atoms with E-state index in [1.807, 2.05) is 62.4 Å². The van der Waals surface area contributed by atoms with Crippen molar-refractivity contribution < 1.29 is 28.9 Å². The van der Waals surface area contributed by atoms with Crippen LogP contribution in [0.2, 0.25) is 0 Å². The van der Waals surface area contributed by atoms with E-state index in [1.165, 1.54) is 16.2 Å². The van der Waals surface area contributed by atoms with E-state index in [-0.39, 0.29) is 17.4 Å². The molecule has 2 aliphatic heterocycles. The van der Waals surface area contributed by atoms with Gasteiger partial charge in [0.05, 0.1) is 35.0 Å². The van der Waals surface area contributed by atoms with Gasteiger partial charge in [0, 0.05) is 12.0 Å². The topological polar surface area (TPSA) is 98.2 Å². The van der Waals surface area contributed by atoms with Gasteiger partial charge in [-0.3, -0.25) is 14.5 Å². The van der Waals surface area contributed by atoms with Crippen LogP contribution >= 0.6 is 11.3 Å². The molecule has 43 heavy (non-hydrogen) atoms. The predicted octanol–water partition coefficient (Wildman–Crippen LogP) is 7.21. The minimum Gasteiger partial charge on any atom is -0.507 e. The molecule has 0 saturated carbocycles. The largest absolute Gasteiger partial charge is 0.507 e. The molecule has 1 aromatic heterocycles. The summed E-state index contributed by atoms with van der Waals surface area (Å²) in [6.07, 6.45) is 3.80. The van der Waals surface area contributed by atoms with Gasteiger partial charge in [0.15, 0.2) is 5.13 Å². The fraction of sp³-hybridized carbons (Fsp3) is 0.324. The van der Waals surface area contributed by atoms with Gasteiger partial charge in [0.1, 0.15) is 29.1 Å². The number of aliphatic hydroxyl groups is 1. The standard InChI is InChI=1S/C34H34N2O6S/c1-4-6-7-15-41-24-10-8-9-21(18-24)30-29(31(37)22-11-14-27-23(17-22)16-20(3)42-27)32(38)33(39)36(30)34-35-26-13-12-25(40-5-2)19-28(26)43-34/h8-14,17-20,30,37H,4-7,15-16H2,1-3H3/b31-29+/t20-,30+/m1/s1. The van der Waals surface area contributed by atoms with Gasteiger partial charge in [0.2, 0.25) is 0 Å². The van der Waals surface area contributed by atoms with Crippen molar-refractivity contribution in [2.24, 2.45) is 0 Å². The van der Waals surface area contributed by atoms with E-state index in [0.717, 1.165) is 35.3 Å². The minimum atomic E-state index is -0.908. The number of amides is 1. The Kier molecular flexibility index (Phi) is 8.08. The molecule has 4 aromatic rings. The molecule has 222 valence electrons. The Bertz CT molecular complexity index is 1730. The second-order valence-corrected chi connectivity index (χ2v) is 11.8. The van der Waals surface area contributed by atoms with Gasteiger partial charge in [-0.25, -0.2) is 4.98 Å². The molecule has 2 aliphatic rings. The van der Waals surface area contributed by atoms with Crippen molar-refractivity contribution in [2.75, 3.05) is 18.1 Å². The number of hydrogen-bond acceptors (Lipinski definition) is 8. The smallest absolute Gasteiger partial charge is 0.301 e. The summed E-state index contributed by atoms with van der Waals surface area (Å²) in [6.45, 7) is 7.12. The number of Topliss-reactive ketones (excluding diaryl/α,β-unsaturated/α-hetero) is 1. The number of benzene rings is 3. The van der Waals surface area contributed by atoms with Crippen LogP contribution in [0.3, 0.4) is 0 Å². The zero-order valence-corrected chi connectivity index (χ0v) is 25.3. The first kappa shape index (κ1) is 28.7. The lowest BCUT2D eigenvalue weighted by molar-refractivity contribution is -0.132. The van der Waals surface area contributed by atoms with Crippen molar-refractivity contribution in [2.45, 2.75) is 58.6 Å². The van der Waals surface area contributed by atoms with Gasteiger partial charge in [-0.1, -0.05) is 43.2 Å². The molecule has 0 radical (unpaired) electrons. The molecule has 6 rings (SSSR count). The molecule has 8 nitrogen and oxygen atoms in total. The summed E-state index contributed by atoms with van der Waals surface area (Å²) in [5, 5.41) is 12.0. The maximum Gasteiger partial charge on any atom is 0.301 e. The van der Waals surface area contributed by atoms with Crippen molar-refractivity contribution in [3.8, 4) is 17.2 Å². The average molecular weight is 599 g/mol. The van der Waals surface area contributed by atoms with Crippen molar-refractivity contribution in [1.29, 1.82) is 0 Å². The van der Waals surface area contributed by atoms with Crippen molar-refractivity contribution in [1.82, 2.24) is 4.98 Å². The van der Waals surface area contributed by atoms with E-state index in [1.54, 1.807) is 12.1 Å². The van der Waals surface area contributed by atoms with Crippen LogP contribution < -0.4 is 19.1 Å². The fourth-order valence-electron chi connectivity index (χ4n) is 5.64. The van der Waals surface area contributed by atoms with Gasteiger partial charge in [-0.05, 0) is 79.9 Å². The summed E-state index contributed by atoms with van der Waals surface area (Å²) in [7, 11) is 0. The lowest BCUT2D eigenvalue weighted by atomic mass is 9.94. The predicted molar refractivity (Wildman–Crippen MR) is 167 cm³/mol. The highest BCUT2D eigenvalue weighted by molar-refractivity contribution is 7.22. The van der Waals surface area contributed by atoms with Crippen molar-refractivity contribution in [3.05, 3.63) is 82.9 Å². The lowest BCUT2D eigenvalue weighted by Crippen LogP contribution is -2.29. The highest BCUT2D eigenvalue weighted by Crippen LogP contribution is 2.45. The summed E-state index contributed by atoms with van der Waals surface area (Å²) in [4.78, 5) is 33.6. The van der Waals surface area contributed by atoms with E-state index in [4.69, 9.17) is 19.2 Å². The molecule has 0 spiro atoms. The summed E-state index contributed by atoms with van der Waals surface area (Å²) in [5.41, 5.74) is 2.73. The molecule has 1 amide bonds. The van der Waals surface area contributed by atoms with Gasteiger partial charge >= 0.3 is 5.91 Å². The molecule has 9 heteroatoms. The van der Waals surface area contributed by atoms with E-state index < -0.39 is 17.7 Å². The molecular weight excluding hydrogens is 564 g/mol. The third-order valence-corrected chi connectivity index (χ3v) is 8.69. The van der Waals surface area contributed by atoms with Crippen LogP contribution in [0.5, 0.6) is 17.2 Å². The first-order valence-corrected chi connectivity index (χ1v) is 15.6. The highest BCUT2D eigenvalue weighted by Gasteiger charge is 2.48. The van der Waals surface area contributed by atoms with Gasteiger partial charge in [-0.2, -0.15) is 0 Å². The number of ketones is 1. The Morgan fingerprint density at radius 1 is 1.05 bits per heavy atom. The summed E-state index contributed by atoms with van der Waals surface area (Å²) in [6, 6.07) is 17.4. The Hall–Kier alpha value is -4.37. The van der Waals surface area contributed by atoms with Crippen LogP contribution in [-0.2, 0) is 16.0 Å². The molecule has 1 saturated heterocycles. The van der Waals surface area contributed by atoms with Crippen LogP contribution in [0.15, 0.2) is 66.2 Å². The van der Waals surface area contributed by atoms with Gasteiger partial charge in [0.25, 0.3) is 5.78 Å². The van der Waals surface area contributed by atoms with Crippen LogP contribution in [0.4, 0.5) is 5.13 Å². The normalized spacial score (nSPS) is 19.1. The van der Waals surface area contributed by atoms with Crippen LogP contribution in [0, 0.1) is 0 Å². The number of thiazole rings is 1. The number of fused-ring (bicyclic) bond motifs is 2. The summed E-state index contributed by atoms with van der Waals surface area (Å²) in [5.74, 6) is 0.344. The Labute approximate surface area is 254 Å². The van der Waals surface area contributed by atoms with E-state index in [0.29, 0.717) is 52.9 Å². The number of unbranched alkanes of at least 4 members (excludes halogenated alkanes) is 2. The number of rotatable bonds is 10. The summed E-state index contributed by atoms with van der Waals surface area (Å²) < 4.78 is 18.3. The lowest BCUT2D eigenvalue weighted by Gasteiger charge is -2.23. The van der Waals surface area contributed by atoms with Crippen molar-refractivity contribution in [3.63, 3.8) is 0 Å². The molecular formula is C34H34N2O6S. The number of anilines is 1.